The molecule has 0 radical (unpaired) electrons. The molecule has 2 aliphatic heterocycles. The smallest absolute Gasteiger partial charge is 0.262 e. The molecule has 0 spiro atoms. The third-order valence-corrected chi connectivity index (χ3v) is 5.69. The highest BCUT2D eigenvalue weighted by Gasteiger charge is 2.34. The van der Waals surface area contributed by atoms with Crippen molar-refractivity contribution < 1.29 is 17.9 Å². The first-order chi connectivity index (χ1) is 10.0. The average Bonchev–Trinajstić information content (AvgIpc) is 2.41. The fraction of sp³-hybridized carbons (Fsp3) is 0.462. The van der Waals surface area contributed by atoms with Gasteiger partial charge in [0.15, 0.2) is 6.61 Å². The molecule has 1 fully saturated rings. The third kappa shape index (κ3) is 2.50. The molecule has 1 aromatic rings. The Balaban J connectivity index is 1.95. The molecule has 114 valence electrons. The van der Waals surface area contributed by atoms with Crippen LogP contribution in [0.1, 0.15) is 6.92 Å². The van der Waals surface area contributed by atoms with Crippen molar-refractivity contribution >= 4 is 21.6 Å². The van der Waals surface area contributed by atoms with Crippen molar-refractivity contribution in [1.82, 2.24) is 9.62 Å². The average molecular weight is 311 g/mol. The highest BCUT2D eigenvalue weighted by atomic mass is 32.2. The monoisotopic (exact) mass is 311 g/mol. The number of sulfonamides is 1. The van der Waals surface area contributed by atoms with Gasteiger partial charge < -0.3 is 15.4 Å². The number of nitrogens with one attached hydrogen (secondary N) is 2. The molecule has 1 amide bonds. The van der Waals surface area contributed by atoms with Gasteiger partial charge in [-0.05, 0) is 18.2 Å². The van der Waals surface area contributed by atoms with Crippen molar-refractivity contribution in [3.05, 3.63) is 18.2 Å². The molecule has 1 aromatic carbocycles. The van der Waals surface area contributed by atoms with E-state index in [1.54, 1.807) is 6.07 Å². The zero-order valence-corrected chi connectivity index (χ0v) is 12.4. The zero-order chi connectivity index (χ0) is 15.0. The summed E-state index contributed by atoms with van der Waals surface area (Å²) in [5.41, 5.74) is 0.398. The Morgan fingerprint density at radius 2 is 2.14 bits per heavy atom. The van der Waals surface area contributed by atoms with Crippen molar-refractivity contribution in [2.75, 3.05) is 31.6 Å². The van der Waals surface area contributed by atoms with E-state index in [2.05, 4.69) is 10.6 Å². The van der Waals surface area contributed by atoms with Crippen LogP contribution in [-0.4, -0.2) is 50.9 Å². The second-order valence-corrected chi connectivity index (χ2v) is 6.91. The SMILES string of the molecule is CCN(C1CNC1)S(=O)(=O)c1ccc2c(c1)NC(=O)CO2. The zero-order valence-electron chi connectivity index (χ0n) is 11.6. The summed E-state index contributed by atoms with van der Waals surface area (Å²) in [7, 11) is -3.58. The van der Waals surface area contributed by atoms with Gasteiger partial charge in [-0.25, -0.2) is 8.42 Å². The molecule has 21 heavy (non-hydrogen) atoms. The third-order valence-electron chi connectivity index (χ3n) is 3.67. The maximum Gasteiger partial charge on any atom is 0.262 e. The molecule has 0 aliphatic carbocycles. The van der Waals surface area contributed by atoms with Crippen molar-refractivity contribution in [2.24, 2.45) is 0 Å². The molecule has 1 saturated heterocycles. The number of amides is 1. The van der Waals surface area contributed by atoms with E-state index in [-0.39, 0.29) is 23.5 Å². The van der Waals surface area contributed by atoms with Gasteiger partial charge in [-0.15, -0.1) is 0 Å². The van der Waals surface area contributed by atoms with E-state index in [0.29, 0.717) is 31.1 Å². The number of fused-ring (bicyclic) bond motifs is 1. The Morgan fingerprint density at radius 3 is 2.76 bits per heavy atom. The molecule has 0 saturated carbocycles. The largest absolute Gasteiger partial charge is 0.482 e. The molecule has 2 aliphatic rings. The molecule has 0 aromatic heterocycles. The van der Waals surface area contributed by atoms with Crippen LogP contribution in [0, 0.1) is 0 Å². The number of carbonyl (C=O) groups excluding carboxylic acids is 1. The predicted molar refractivity (Wildman–Crippen MR) is 76.8 cm³/mol. The Hall–Kier alpha value is -1.64. The topological polar surface area (TPSA) is 87.7 Å². The summed E-state index contributed by atoms with van der Waals surface area (Å²) < 4.78 is 32.1. The lowest BCUT2D eigenvalue weighted by Gasteiger charge is -2.36. The number of hydrogen-bond donors (Lipinski definition) is 2. The highest BCUT2D eigenvalue weighted by Crippen LogP contribution is 2.31. The molecule has 7 nitrogen and oxygen atoms in total. The maximum absolute atomic E-state index is 12.7. The Morgan fingerprint density at radius 1 is 1.38 bits per heavy atom. The second-order valence-electron chi connectivity index (χ2n) is 5.02. The normalized spacial score (nSPS) is 18.7. The van der Waals surface area contributed by atoms with Crippen LogP contribution in [0.2, 0.25) is 0 Å². The van der Waals surface area contributed by atoms with Crippen molar-refractivity contribution in [2.45, 2.75) is 17.9 Å². The predicted octanol–water partition coefficient (Wildman–Crippen LogP) is -0.0001000. The Bertz CT molecular complexity index is 670. The van der Waals surface area contributed by atoms with Crippen molar-refractivity contribution in [3.8, 4) is 5.75 Å². The van der Waals surface area contributed by atoms with Crippen LogP contribution in [0.3, 0.4) is 0 Å². The first-order valence-corrected chi connectivity index (χ1v) is 8.25. The van der Waals surface area contributed by atoms with Gasteiger partial charge in [0.05, 0.1) is 10.6 Å². The minimum atomic E-state index is -3.58. The van der Waals surface area contributed by atoms with Crippen LogP contribution in [0.5, 0.6) is 5.75 Å². The number of rotatable bonds is 4. The van der Waals surface area contributed by atoms with Gasteiger partial charge >= 0.3 is 0 Å². The van der Waals surface area contributed by atoms with Crippen LogP contribution in [0.4, 0.5) is 5.69 Å². The van der Waals surface area contributed by atoms with Crippen LogP contribution in [-0.2, 0) is 14.8 Å². The molecule has 2 N–H and O–H groups in total. The molecular formula is C13H17N3O4S. The molecule has 3 rings (SSSR count). The van der Waals surface area contributed by atoms with E-state index in [9.17, 15) is 13.2 Å². The van der Waals surface area contributed by atoms with Crippen LogP contribution in [0.25, 0.3) is 0 Å². The number of benzene rings is 1. The van der Waals surface area contributed by atoms with Crippen LogP contribution >= 0.6 is 0 Å². The standard InChI is InChI=1S/C13H17N3O4S/c1-2-16(9-6-14-7-9)21(18,19)10-3-4-12-11(5-10)15-13(17)8-20-12/h3-5,9,14H,2,6-8H2,1H3,(H,15,17). The van der Waals surface area contributed by atoms with Gasteiger partial charge in [-0.1, -0.05) is 6.92 Å². The molecular weight excluding hydrogens is 294 g/mol. The quantitative estimate of drug-likeness (QED) is 0.817. The molecule has 0 unspecified atom stereocenters. The fourth-order valence-electron chi connectivity index (χ4n) is 2.46. The van der Waals surface area contributed by atoms with Gasteiger partial charge in [0.25, 0.3) is 5.91 Å². The van der Waals surface area contributed by atoms with Crippen LogP contribution in [0.15, 0.2) is 23.1 Å². The van der Waals surface area contributed by atoms with Gasteiger partial charge in [0.1, 0.15) is 5.75 Å². The van der Waals surface area contributed by atoms with Gasteiger partial charge in [-0.3, -0.25) is 4.79 Å². The van der Waals surface area contributed by atoms with E-state index in [1.165, 1.54) is 16.4 Å². The van der Waals surface area contributed by atoms with Gasteiger partial charge in [0.2, 0.25) is 10.0 Å². The van der Waals surface area contributed by atoms with Crippen LogP contribution < -0.4 is 15.4 Å². The number of nitrogens with zero attached hydrogens (tertiary/aromatic N) is 1. The highest BCUT2D eigenvalue weighted by molar-refractivity contribution is 7.89. The van der Waals surface area contributed by atoms with E-state index < -0.39 is 10.0 Å². The lowest BCUT2D eigenvalue weighted by molar-refractivity contribution is -0.118. The molecule has 0 atom stereocenters. The minimum absolute atomic E-state index is 0.0122. The number of likely N-dealkylation sites (N-methyl/N-ethyl adjacent to an activating group) is 1. The summed E-state index contributed by atoms with van der Waals surface area (Å²) in [5.74, 6) is 0.203. The van der Waals surface area contributed by atoms with E-state index >= 15 is 0 Å². The molecule has 0 bridgehead atoms. The first-order valence-electron chi connectivity index (χ1n) is 6.81. The minimum Gasteiger partial charge on any atom is -0.482 e. The molecule has 8 heteroatoms. The number of hydrogen-bond acceptors (Lipinski definition) is 5. The lowest BCUT2D eigenvalue weighted by atomic mass is 10.2. The summed E-state index contributed by atoms with van der Waals surface area (Å²) in [5, 5.41) is 5.70. The maximum atomic E-state index is 12.7. The summed E-state index contributed by atoms with van der Waals surface area (Å²) in [6, 6.07) is 4.53. The summed E-state index contributed by atoms with van der Waals surface area (Å²) >= 11 is 0. The van der Waals surface area contributed by atoms with Crippen molar-refractivity contribution in [3.63, 3.8) is 0 Å². The van der Waals surface area contributed by atoms with Gasteiger partial charge in [-0.2, -0.15) is 4.31 Å². The summed E-state index contributed by atoms with van der Waals surface area (Å²) in [6.45, 7) is 3.51. The second kappa shape index (κ2) is 5.28. The lowest BCUT2D eigenvalue weighted by Crippen LogP contribution is -2.58. The first kappa shape index (κ1) is 14.3. The fourth-order valence-corrected chi connectivity index (χ4v) is 4.12. The van der Waals surface area contributed by atoms with Crippen molar-refractivity contribution in [1.29, 1.82) is 0 Å². The summed E-state index contributed by atoms with van der Waals surface area (Å²) in [6.07, 6.45) is 0. The van der Waals surface area contributed by atoms with Gasteiger partial charge in [0, 0.05) is 25.7 Å². The number of carbonyl (C=O) groups is 1. The van der Waals surface area contributed by atoms with E-state index in [1.807, 2.05) is 6.92 Å². The van der Waals surface area contributed by atoms with E-state index in [0.717, 1.165) is 0 Å². The number of anilines is 1. The molecule has 2 heterocycles. The Labute approximate surface area is 123 Å². The van der Waals surface area contributed by atoms with E-state index in [4.69, 9.17) is 4.74 Å². The Kier molecular flexibility index (Phi) is 3.60. The number of ether oxygens (including phenoxy) is 1. The summed E-state index contributed by atoms with van der Waals surface area (Å²) in [4.78, 5) is 11.5.